The fourth-order valence-corrected chi connectivity index (χ4v) is 6.03. The summed E-state index contributed by atoms with van der Waals surface area (Å²) in [5, 5.41) is 10.2. The Hall–Kier alpha value is -2.18. The third kappa shape index (κ3) is 1.97. The molecule has 5 atom stereocenters. The lowest BCUT2D eigenvalue weighted by molar-refractivity contribution is -0.158. The highest BCUT2D eigenvalue weighted by Crippen LogP contribution is 2.61. The van der Waals surface area contributed by atoms with Gasteiger partial charge in [0.2, 0.25) is 0 Å². The van der Waals surface area contributed by atoms with Crippen LogP contribution in [-0.4, -0.2) is 54.7 Å². The molecule has 0 aromatic heterocycles. The molecule has 3 aliphatic heterocycles. The average Bonchev–Trinajstić information content (AvgIpc) is 3.01. The first-order chi connectivity index (χ1) is 13.0. The maximum Gasteiger partial charge on any atom is 0.310 e. The van der Waals surface area contributed by atoms with E-state index < -0.39 is 5.41 Å². The van der Waals surface area contributed by atoms with Crippen molar-refractivity contribution in [3.63, 3.8) is 0 Å². The van der Waals surface area contributed by atoms with E-state index in [4.69, 9.17) is 14.5 Å². The molecule has 3 bridgehead atoms. The summed E-state index contributed by atoms with van der Waals surface area (Å²) in [6.07, 6.45) is 3.52. The molecule has 0 amide bonds. The Morgan fingerprint density at radius 3 is 2.93 bits per heavy atom. The first kappa shape index (κ1) is 17.0. The monoisotopic (exact) mass is 368 g/mol. The second-order valence-electron chi connectivity index (χ2n) is 7.96. The minimum absolute atomic E-state index is 0.106. The van der Waals surface area contributed by atoms with Gasteiger partial charge in [0.15, 0.2) is 0 Å². The zero-order chi connectivity index (χ0) is 18.9. The molecule has 2 saturated heterocycles. The van der Waals surface area contributed by atoms with E-state index in [-0.39, 0.29) is 35.8 Å². The molecule has 1 unspecified atom stereocenters. The molecule has 1 saturated carbocycles. The quantitative estimate of drug-likeness (QED) is 0.642. The highest BCUT2D eigenvalue weighted by Gasteiger charge is 2.67. The lowest BCUT2D eigenvalue weighted by Crippen LogP contribution is -2.71. The van der Waals surface area contributed by atoms with Crippen LogP contribution in [0.2, 0.25) is 0 Å². The predicted octanol–water partition coefficient (Wildman–Crippen LogP) is 2.53. The normalized spacial score (nSPS) is 37.7. The number of piperidine rings is 2. The zero-order valence-electron chi connectivity index (χ0n) is 15.8. The summed E-state index contributed by atoms with van der Waals surface area (Å²) >= 11 is 0. The summed E-state index contributed by atoms with van der Waals surface area (Å²) < 4.78 is 11.2. The molecule has 3 fully saturated rings. The average molecular weight is 368 g/mol. The minimum atomic E-state index is -0.583. The van der Waals surface area contributed by atoms with Crippen molar-refractivity contribution in [2.45, 2.75) is 37.5 Å². The number of phenolic OH excluding ortho intramolecular Hbond substituents is 1. The number of hydrogen-bond donors (Lipinski definition) is 1. The minimum Gasteiger partial charge on any atom is -0.508 e. The number of hydrogen-bond acceptors (Lipinski definition) is 6. The highest BCUT2D eigenvalue weighted by molar-refractivity contribution is 6.10. The van der Waals surface area contributed by atoms with Crippen LogP contribution < -0.4 is 0 Å². The van der Waals surface area contributed by atoms with Gasteiger partial charge in [0, 0.05) is 25.8 Å². The molecule has 4 aliphatic rings. The molecule has 0 radical (unpaired) electrons. The second-order valence-corrected chi connectivity index (χ2v) is 7.96. The van der Waals surface area contributed by atoms with Gasteiger partial charge < -0.3 is 14.6 Å². The molecule has 1 aromatic carbocycles. The van der Waals surface area contributed by atoms with E-state index in [2.05, 4.69) is 11.0 Å². The zero-order valence-corrected chi connectivity index (χ0v) is 15.8. The van der Waals surface area contributed by atoms with E-state index in [1.54, 1.807) is 19.2 Å². The largest absolute Gasteiger partial charge is 0.508 e. The van der Waals surface area contributed by atoms with Crippen molar-refractivity contribution in [2.75, 3.05) is 20.8 Å². The van der Waals surface area contributed by atoms with Crippen LogP contribution >= 0.6 is 0 Å². The van der Waals surface area contributed by atoms with Gasteiger partial charge in [-0.25, -0.2) is 0 Å². The third-order valence-corrected chi connectivity index (χ3v) is 7.09. The Balaban J connectivity index is 1.81. The summed E-state index contributed by atoms with van der Waals surface area (Å²) in [4.78, 5) is 20.5. The number of rotatable bonds is 2. The summed E-state index contributed by atoms with van der Waals surface area (Å²) in [6, 6.07) is 5.44. The van der Waals surface area contributed by atoms with Gasteiger partial charge in [-0.1, -0.05) is 11.6 Å². The standard InChI is InChI=1S/C21H24N2O4/c1-4-11-10-23-16-8-13(11)18(20(25)27-3)21(9-17(23)26-2)14-7-12(24)5-6-15(14)22-19(16)21/h4-7,13,16-18,24H,8-10H2,1-3H3/b11-4-/t13-,16-,17?,18-,21-/m0/s1. The SMILES string of the molecule is C/C=C1/CN2C(OC)C[C@]34C(=Nc5ccc(O)cc53)[C@@H]2C[C@@H]1[C@H]4C(=O)OC. The van der Waals surface area contributed by atoms with Gasteiger partial charge in [0.05, 0.1) is 30.2 Å². The molecule has 1 aliphatic carbocycles. The van der Waals surface area contributed by atoms with Gasteiger partial charge in [-0.05, 0) is 43.0 Å². The molecule has 5 rings (SSSR count). The number of methoxy groups -OCH3 is 2. The maximum atomic E-state index is 13.1. The smallest absolute Gasteiger partial charge is 0.310 e. The van der Waals surface area contributed by atoms with Crippen molar-refractivity contribution in [1.82, 2.24) is 4.90 Å². The van der Waals surface area contributed by atoms with Crippen molar-refractivity contribution in [2.24, 2.45) is 16.8 Å². The van der Waals surface area contributed by atoms with Gasteiger partial charge in [-0.3, -0.25) is 14.7 Å². The molecular formula is C21H24N2O4. The van der Waals surface area contributed by atoms with E-state index in [1.807, 2.05) is 13.0 Å². The number of carbonyl (C=O) groups is 1. The number of aromatic hydroxyl groups is 1. The highest BCUT2D eigenvalue weighted by atomic mass is 16.5. The summed E-state index contributed by atoms with van der Waals surface area (Å²) in [6.45, 7) is 2.82. The Morgan fingerprint density at radius 2 is 2.22 bits per heavy atom. The van der Waals surface area contributed by atoms with Gasteiger partial charge >= 0.3 is 5.97 Å². The topological polar surface area (TPSA) is 71.4 Å². The molecule has 142 valence electrons. The van der Waals surface area contributed by atoms with E-state index >= 15 is 0 Å². The second kappa shape index (κ2) is 5.66. The number of carbonyl (C=O) groups excluding carboxylic acids is 1. The van der Waals surface area contributed by atoms with E-state index in [9.17, 15) is 9.90 Å². The van der Waals surface area contributed by atoms with Crippen LogP contribution in [0, 0.1) is 11.8 Å². The Labute approximate surface area is 158 Å². The number of nitrogens with zero attached hydrogens (tertiary/aromatic N) is 2. The van der Waals surface area contributed by atoms with Crippen molar-refractivity contribution in [3.05, 3.63) is 35.4 Å². The maximum absolute atomic E-state index is 13.1. The number of aliphatic imine (C=N–C) groups is 1. The Morgan fingerprint density at radius 1 is 1.41 bits per heavy atom. The Kier molecular flexibility index (Phi) is 3.55. The van der Waals surface area contributed by atoms with Gasteiger partial charge in [0.1, 0.15) is 12.0 Å². The third-order valence-electron chi connectivity index (χ3n) is 7.09. The number of fused-ring (bicyclic) bond motifs is 2. The first-order valence-corrected chi connectivity index (χ1v) is 9.49. The molecule has 6 nitrogen and oxygen atoms in total. The first-order valence-electron chi connectivity index (χ1n) is 9.49. The summed E-state index contributed by atoms with van der Waals surface area (Å²) in [7, 11) is 3.19. The van der Waals surface area contributed by atoms with Gasteiger partial charge in [-0.15, -0.1) is 0 Å². The van der Waals surface area contributed by atoms with Crippen LogP contribution in [0.15, 0.2) is 34.8 Å². The number of esters is 1. The van der Waals surface area contributed by atoms with Gasteiger partial charge in [0.25, 0.3) is 0 Å². The van der Waals surface area contributed by atoms with Crippen LogP contribution in [0.25, 0.3) is 0 Å². The van der Waals surface area contributed by atoms with Crippen molar-refractivity contribution >= 4 is 17.4 Å². The van der Waals surface area contributed by atoms with E-state index in [0.717, 1.165) is 29.9 Å². The predicted molar refractivity (Wildman–Crippen MR) is 100 cm³/mol. The summed E-state index contributed by atoms with van der Waals surface area (Å²) in [5.41, 5.74) is 3.50. The van der Waals surface area contributed by atoms with Crippen LogP contribution in [0.3, 0.4) is 0 Å². The van der Waals surface area contributed by atoms with Crippen molar-refractivity contribution in [1.29, 1.82) is 0 Å². The number of ether oxygens (including phenoxy) is 2. The van der Waals surface area contributed by atoms with Crippen LogP contribution in [0.1, 0.15) is 25.3 Å². The summed E-state index contributed by atoms with van der Waals surface area (Å²) in [5.74, 6) is -0.242. The molecular weight excluding hydrogens is 344 g/mol. The van der Waals surface area contributed by atoms with Crippen molar-refractivity contribution in [3.8, 4) is 5.75 Å². The molecule has 0 spiro atoms. The van der Waals surface area contributed by atoms with Gasteiger partial charge in [-0.2, -0.15) is 0 Å². The lowest BCUT2D eigenvalue weighted by Gasteiger charge is -2.61. The fourth-order valence-electron chi connectivity index (χ4n) is 6.03. The Bertz CT molecular complexity index is 892. The van der Waals surface area contributed by atoms with Crippen LogP contribution in [0.4, 0.5) is 5.69 Å². The van der Waals surface area contributed by atoms with E-state index in [0.29, 0.717) is 6.42 Å². The number of benzene rings is 1. The number of phenols is 1. The van der Waals surface area contributed by atoms with Crippen molar-refractivity contribution < 1.29 is 19.4 Å². The number of allylic oxidation sites excluding steroid dienone is 1. The molecule has 27 heavy (non-hydrogen) atoms. The van der Waals surface area contributed by atoms with Crippen LogP contribution in [0.5, 0.6) is 5.75 Å². The molecule has 6 heteroatoms. The van der Waals surface area contributed by atoms with E-state index in [1.165, 1.54) is 12.7 Å². The fraction of sp³-hybridized carbons (Fsp3) is 0.524. The lowest BCUT2D eigenvalue weighted by atomic mass is 9.50. The molecule has 1 N–H and O–H groups in total. The molecule has 1 aromatic rings. The molecule has 3 heterocycles. The van der Waals surface area contributed by atoms with Crippen LogP contribution in [-0.2, 0) is 19.7 Å².